The van der Waals surface area contributed by atoms with Crippen LogP contribution in [0.3, 0.4) is 0 Å². The van der Waals surface area contributed by atoms with E-state index in [4.69, 9.17) is 18.0 Å². The predicted molar refractivity (Wildman–Crippen MR) is 74.7 cm³/mol. The molecular weight excluding hydrogens is 254 g/mol. The van der Waals surface area contributed by atoms with Crippen LogP contribution in [0.1, 0.15) is 30.9 Å². The summed E-state index contributed by atoms with van der Waals surface area (Å²) in [6.45, 7) is 1.98. The first-order valence-corrected chi connectivity index (χ1v) is 7.77. The van der Waals surface area contributed by atoms with Gasteiger partial charge >= 0.3 is 0 Å². The highest BCUT2D eigenvalue weighted by atomic mass is 32.2. The van der Waals surface area contributed by atoms with Crippen molar-refractivity contribution in [1.82, 2.24) is 0 Å². The number of hydrogen-bond acceptors (Lipinski definition) is 3. The van der Waals surface area contributed by atoms with E-state index in [9.17, 15) is 8.42 Å². The van der Waals surface area contributed by atoms with Gasteiger partial charge in [-0.1, -0.05) is 43.8 Å². The fraction of sp³-hybridized carbons (Fsp3) is 0.417. The summed E-state index contributed by atoms with van der Waals surface area (Å²) in [4.78, 5) is 0.290. The van der Waals surface area contributed by atoms with E-state index in [2.05, 4.69) is 0 Å². The van der Waals surface area contributed by atoms with E-state index in [1.54, 1.807) is 24.3 Å². The Hall–Kier alpha value is -0.940. The Morgan fingerprint density at radius 1 is 1.41 bits per heavy atom. The number of rotatable bonds is 6. The lowest BCUT2D eigenvalue weighted by Gasteiger charge is -2.05. The summed E-state index contributed by atoms with van der Waals surface area (Å²) in [5.74, 6) is 0.296. The molecule has 0 aliphatic heterocycles. The molecule has 5 heteroatoms. The van der Waals surface area contributed by atoms with Crippen LogP contribution in [0.4, 0.5) is 0 Å². The van der Waals surface area contributed by atoms with Crippen LogP contribution in [0.2, 0.25) is 0 Å². The van der Waals surface area contributed by atoms with E-state index < -0.39 is 9.84 Å². The van der Waals surface area contributed by atoms with Gasteiger partial charge in [0.2, 0.25) is 0 Å². The molecule has 0 aromatic heterocycles. The Morgan fingerprint density at radius 2 is 2.12 bits per heavy atom. The van der Waals surface area contributed by atoms with Crippen molar-refractivity contribution in [2.45, 2.75) is 25.5 Å². The maximum absolute atomic E-state index is 11.8. The van der Waals surface area contributed by atoms with Gasteiger partial charge in [-0.2, -0.15) is 0 Å². The molecule has 0 aliphatic rings. The molecule has 0 fully saturated rings. The minimum atomic E-state index is -3.02. The van der Waals surface area contributed by atoms with Crippen LogP contribution in [0.15, 0.2) is 24.3 Å². The summed E-state index contributed by atoms with van der Waals surface area (Å²) in [5, 5.41) is 0. The van der Waals surface area contributed by atoms with Gasteiger partial charge in [0.05, 0.1) is 11.5 Å². The van der Waals surface area contributed by atoms with Crippen molar-refractivity contribution in [1.29, 1.82) is 0 Å². The maximum Gasteiger partial charge on any atom is 0.154 e. The van der Waals surface area contributed by atoms with Crippen LogP contribution < -0.4 is 5.73 Å². The third kappa shape index (κ3) is 4.83. The Labute approximate surface area is 108 Å². The van der Waals surface area contributed by atoms with Gasteiger partial charge in [0, 0.05) is 5.56 Å². The predicted octanol–water partition coefficient (Wildman–Crippen LogP) is 2.04. The van der Waals surface area contributed by atoms with Crippen LogP contribution in [-0.2, 0) is 15.6 Å². The third-order valence-corrected chi connectivity index (χ3v) is 4.33. The molecule has 0 heterocycles. The normalized spacial score (nSPS) is 11.4. The quantitative estimate of drug-likeness (QED) is 0.804. The van der Waals surface area contributed by atoms with Gasteiger partial charge in [0.25, 0.3) is 0 Å². The standard InChI is InChI=1S/C12H17NO2S2/c1-2-3-7-17(14,15)9-10-5-4-6-11(8-10)12(13)16/h4-6,8H,2-3,7,9H2,1H3,(H2,13,16). The number of sulfone groups is 1. The minimum Gasteiger partial charge on any atom is -0.389 e. The lowest BCUT2D eigenvalue weighted by atomic mass is 10.1. The fourth-order valence-corrected chi connectivity index (χ4v) is 3.19. The minimum absolute atomic E-state index is 0.0590. The number of unbranched alkanes of at least 4 members (excludes halogenated alkanes) is 1. The maximum atomic E-state index is 11.8. The number of hydrogen-bond donors (Lipinski definition) is 1. The molecular formula is C12H17NO2S2. The van der Waals surface area contributed by atoms with Crippen molar-refractivity contribution in [3.8, 4) is 0 Å². The summed E-state index contributed by atoms with van der Waals surface area (Å²) in [7, 11) is -3.02. The molecule has 1 aromatic rings. The molecule has 0 spiro atoms. The molecule has 1 rings (SSSR count). The van der Waals surface area contributed by atoms with Gasteiger partial charge in [0.15, 0.2) is 9.84 Å². The zero-order valence-electron chi connectivity index (χ0n) is 9.85. The average molecular weight is 271 g/mol. The number of thiocarbonyl (C=S) groups is 1. The van der Waals surface area contributed by atoms with Crippen LogP contribution in [-0.4, -0.2) is 19.2 Å². The molecule has 0 saturated heterocycles. The topological polar surface area (TPSA) is 60.2 Å². The second kappa shape index (κ2) is 6.12. The molecule has 0 amide bonds. The second-order valence-electron chi connectivity index (χ2n) is 4.01. The third-order valence-electron chi connectivity index (χ3n) is 2.41. The summed E-state index contributed by atoms with van der Waals surface area (Å²) in [5.41, 5.74) is 6.96. The van der Waals surface area contributed by atoms with Crippen molar-refractivity contribution < 1.29 is 8.42 Å². The lowest BCUT2D eigenvalue weighted by Crippen LogP contribution is -2.12. The first kappa shape index (κ1) is 14.1. The largest absolute Gasteiger partial charge is 0.389 e. The molecule has 3 nitrogen and oxygen atoms in total. The van der Waals surface area contributed by atoms with Crippen LogP contribution in [0.25, 0.3) is 0 Å². The van der Waals surface area contributed by atoms with Crippen molar-refractivity contribution in [2.24, 2.45) is 5.73 Å². The van der Waals surface area contributed by atoms with E-state index in [-0.39, 0.29) is 16.5 Å². The van der Waals surface area contributed by atoms with Gasteiger partial charge < -0.3 is 5.73 Å². The van der Waals surface area contributed by atoms with Gasteiger partial charge in [-0.3, -0.25) is 0 Å². The van der Waals surface area contributed by atoms with Gasteiger partial charge in [-0.25, -0.2) is 8.42 Å². The first-order valence-electron chi connectivity index (χ1n) is 5.54. The Morgan fingerprint density at radius 3 is 2.71 bits per heavy atom. The number of benzene rings is 1. The summed E-state index contributed by atoms with van der Waals surface area (Å²) >= 11 is 4.86. The second-order valence-corrected chi connectivity index (χ2v) is 6.63. The monoisotopic (exact) mass is 271 g/mol. The van der Waals surface area contributed by atoms with Crippen molar-refractivity contribution in [3.63, 3.8) is 0 Å². The molecule has 0 aliphatic carbocycles. The van der Waals surface area contributed by atoms with E-state index in [0.29, 0.717) is 12.0 Å². The SMILES string of the molecule is CCCCS(=O)(=O)Cc1cccc(C(N)=S)c1. The Balaban J connectivity index is 2.81. The van der Waals surface area contributed by atoms with Gasteiger partial charge in [0.1, 0.15) is 4.99 Å². The smallest absolute Gasteiger partial charge is 0.154 e. The molecule has 0 bridgehead atoms. The highest BCUT2D eigenvalue weighted by molar-refractivity contribution is 7.90. The molecule has 0 unspecified atom stereocenters. The fourth-order valence-electron chi connectivity index (χ4n) is 1.50. The summed E-state index contributed by atoms with van der Waals surface area (Å²) in [6, 6.07) is 7.08. The van der Waals surface area contributed by atoms with E-state index in [0.717, 1.165) is 12.0 Å². The highest BCUT2D eigenvalue weighted by Crippen LogP contribution is 2.11. The van der Waals surface area contributed by atoms with E-state index >= 15 is 0 Å². The zero-order chi connectivity index (χ0) is 12.9. The van der Waals surface area contributed by atoms with Crippen LogP contribution in [0, 0.1) is 0 Å². The Bertz CT molecular complexity index is 495. The molecule has 1 aromatic carbocycles. The van der Waals surface area contributed by atoms with E-state index in [1.807, 2.05) is 6.92 Å². The Kier molecular flexibility index (Phi) is 5.08. The van der Waals surface area contributed by atoms with E-state index in [1.165, 1.54) is 0 Å². The summed E-state index contributed by atoms with van der Waals surface area (Å²) < 4.78 is 23.6. The van der Waals surface area contributed by atoms with Crippen molar-refractivity contribution in [3.05, 3.63) is 35.4 Å². The molecule has 0 radical (unpaired) electrons. The summed E-state index contributed by atoms with van der Waals surface area (Å²) in [6.07, 6.45) is 1.59. The molecule has 94 valence electrons. The van der Waals surface area contributed by atoms with Crippen LogP contribution >= 0.6 is 12.2 Å². The van der Waals surface area contributed by atoms with Crippen molar-refractivity contribution in [2.75, 3.05) is 5.75 Å². The highest BCUT2D eigenvalue weighted by Gasteiger charge is 2.11. The van der Waals surface area contributed by atoms with Gasteiger partial charge in [-0.05, 0) is 18.1 Å². The zero-order valence-corrected chi connectivity index (χ0v) is 11.5. The molecule has 0 saturated carbocycles. The first-order chi connectivity index (χ1) is 7.94. The van der Waals surface area contributed by atoms with Gasteiger partial charge in [-0.15, -0.1) is 0 Å². The molecule has 2 N–H and O–H groups in total. The van der Waals surface area contributed by atoms with Crippen LogP contribution in [0.5, 0.6) is 0 Å². The van der Waals surface area contributed by atoms with Crippen molar-refractivity contribution >= 4 is 27.0 Å². The average Bonchev–Trinajstić information content (AvgIpc) is 2.26. The molecule has 17 heavy (non-hydrogen) atoms. The molecule has 0 atom stereocenters. The lowest BCUT2D eigenvalue weighted by molar-refractivity contribution is 0.592. The number of nitrogens with two attached hydrogens (primary N) is 1.